The number of unbranched alkanes of at least 4 members (excludes halogenated alkanes) is 4. The molecule has 0 radical (unpaired) electrons. The number of nitrogens with one attached hydrogen (secondary N) is 2. The number of anilines is 1. The minimum absolute atomic E-state index is 0.0174. The monoisotopic (exact) mass is 298 g/mol. The average molecular weight is 298 g/mol. The zero-order chi connectivity index (χ0) is 15.6. The summed E-state index contributed by atoms with van der Waals surface area (Å²) in [4.78, 5) is 11.9. The molecule has 0 saturated heterocycles. The van der Waals surface area contributed by atoms with E-state index in [-0.39, 0.29) is 5.91 Å². The van der Waals surface area contributed by atoms with Gasteiger partial charge in [-0.1, -0.05) is 62.9 Å². The minimum Gasteiger partial charge on any atom is -0.325 e. The fourth-order valence-corrected chi connectivity index (χ4v) is 2.53. The third-order valence-electron chi connectivity index (χ3n) is 3.78. The molecular formula is C19H26N2O. The first-order valence-electron chi connectivity index (χ1n) is 8.29. The van der Waals surface area contributed by atoms with Crippen LogP contribution < -0.4 is 10.6 Å². The zero-order valence-electron chi connectivity index (χ0n) is 13.4. The summed E-state index contributed by atoms with van der Waals surface area (Å²) >= 11 is 0. The van der Waals surface area contributed by atoms with Crippen molar-refractivity contribution in [2.45, 2.75) is 39.0 Å². The molecule has 0 fully saturated rings. The third-order valence-corrected chi connectivity index (χ3v) is 3.78. The van der Waals surface area contributed by atoms with Gasteiger partial charge in [0.25, 0.3) is 0 Å². The third kappa shape index (κ3) is 5.49. The molecule has 2 rings (SSSR count). The van der Waals surface area contributed by atoms with Crippen LogP contribution in [-0.2, 0) is 4.79 Å². The number of hydrogen-bond donors (Lipinski definition) is 2. The van der Waals surface area contributed by atoms with Crippen molar-refractivity contribution in [3.05, 3.63) is 42.5 Å². The van der Waals surface area contributed by atoms with Gasteiger partial charge in [0.2, 0.25) is 5.91 Å². The van der Waals surface area contributed by atoms with E-state index < -0.39 is 0 Å². The van der Waals surface area contributed by atoms with Gasteiger partial charge in [0, 0.05) is 5.69 Å². The van der Waals surface area contributed by atoms with Gasteiger partial charge in [-0.3, -0.25) is 4.79 Å². The lowest BCUT2D eigenvalue weighted by atomic mass is 10.1. The van der Waals surface area contributed by atoms with E-state index in [1.165, 1.54) is 31.1 Å². The first-order chi connectivity index (χ1) is 10.8. The SMILES string of the molecule is CCCCCCCNCC(=O)Nc1ccc2ccccc2c1. The predicted molar refractivity (Wildman–Crippen MR) is 94.2 cm³/mol. The Morgan fingerprint density at radius 2 is 1.73 bits per heavy atom. The van der Waals surface area contributed by atoms with Crippen LogP contribution in [0.15, 0.2) is 42.5 Å². The number of fused-ring (bicyclic) bond motifs is 1. The largest absolute Gasteiger partial charge is 0.325 e. The number of benzene rings is 2. The first kappa shape index (κ1) is 16.5. The van der Waals surface area contributed by atoms with Gasteiger partial charge >= 0.3 is 0 Å². The van der Waals surface area contributed by atoms with Gasteiger partial charge in [0.15, 0.2) is 0 Å². The molecule has 2 aromatic rings. The van der Waals surface area contributed by atoms with Gasteiger partial charge in [0.05, 0.1) is 6.54 Å². The summed E-state index contributed by atoms with van der Waals surface area (Å²) < 4.78 is 0. The van der Waals surface area contributed by atoms with E-state index in [9.17, 15) is 4.79 Å². The van der Waals surface area contributed by atoms with Crippen molar-refractivity contribution in [3.63, 3.8) is 0 Å². The van der Waals surface area contributed by atoms with Crippen molar-refractivity contribution in [3.8, 4) is 0 Å². The quantitative estimate of drug-likeness (QED) is 0.676. The van der Waals surface area contributed by atoms with Crippen molar-refractivity contribution in [2.24, 2.45) is 0 Å². The molecule has 0 spiro atoms. The molecule has 0 unspecified atom stereocenters. The van der Waals surface area contributed by atoms with E-state index in [0.717, 1.165) is 24.0 Å². The van der Waals surface area contributed by atoms with E-state index in [1.54, 1.807) is 0 Å². The van der Waals surface area contributed by atoms with Gasteiger partial charge in [0.1, 0.15) is 0 Å². The van der Waals surface area contributed by atoms with Crippen LogP contribution >= 0.6 is 0 Å². The smallest absolute Gasteiger partial charge is 0.238 e. The second-order valence-corrected chi connectivity index (χ2v) is 5.70. The van der Waals surface area contributed by atoms with Crippen LogP contribution in [0.3, 0.4) is 0 Å². The maximum absolute atomic E-state index is 11.9. The number of carbonyl (C=O) groups excluding carboxylic acids is 1. The molecule has 2 aromatic carbocycles. The molecule has 2 N–H and O–H groups in total. The lowest BCUT2D eigenvalue weighted by molar-refractivity contribution is -0.115. The Kier molecular flexibility index (Phi) is 6.91. The van der Waals surface area contributed by atoms with Gasteiger partial charge in [-0.05, 0) is 35.9 Å². The first-order valence-corrected chi connectivity index (χ1v) is 8.29. The van der Waals surface area contributed by atoms with Crippen LogP contribution in [0.4, 0.5) is 5.69 Å². The van der Waals surface area contributed by atoms with Crippen molar-refractivity contribution in [1.82, 2.24) is 5.32 Å². The van der Waals surface area contributed by atoms with Gasteiger partial charge in [-0.25, -0.2) is 0 Å². The standard InChI is InChI=1S/C19H26N2O/c1-2-3-4-5-8-13-20-15-19(22)21-18-12-11-16-9-6-7-10-17(16)14-18/h6-7,9-12,14,20H,2-5,8,13,15H2,1H3,(H,21,22). The minimum atomic E-state index is 0.0174. The second-order valence-electron chi connectivity index (χ2n) is 5.70. The molecule has 1 amide bonds. The summed E-state index contributed by atoms with van der Waals surface area (Å²) in [6.45, 7) is 3.50. The highest BCUT2D eigenvalue weighted by Crippen LogP contribution is 2.18. The summed E-state index contributed by atoms with van der Waals surface area (Å²) in [7, 11) is 0. The Morgan fingerprint density at radius 1 is 0.955 bits per heavy atom. The summed E-state index contributed by atoms with van der Waals surface area (Å²) in [6.07, 6.45) is 6.25. The van der Waals surface area contributed by atoms with Crippen molar-refractivity contribution >= 4 is 22.4 Å². The molecule has 0 atom stereocenters. The molecule has 0 aliphatic rings. The maximum atomic E-state index is 11.9. The van der Waals surface area contributed by atoms with Crippen LogP contribution in [0.1, 0.15) is 39.0 Å². The topological polar surface area (TPSA) is 41.1 Å². The number of rotatable bonds is 9. The van der Waals surface area contributed by atoms with E-state index in [2.05, 4.69) is 29.7 Å². The Labute approximate surface area is 133 Å². The van der Waals surface area contributed by atoms with Crippen molar-refractivity contribution < 1.29 is 4.79 Å². The summed E-state index contributed by atoms with van der Waals surface area (Å²) in [5.74, 6) is 0.0174. The molecule has 0 aromatic heterocycles. The van der Waals surface area contributed by atoms with Crippen molar-refractivity contribution in [2.75, 3.05) is 18.4 Å². The Bertz CT molecular complexity index is 595. The molecule has 3 heteroatoms. The number of hydrogen-bond acceptors (Lipinski definition) is 2. The second kappa shape index (κ2) is 9.21. The molecule has 3 nitrogen and oxygen atoms in total. The number of amides is 1. The average Bonchev–Trinajstić information content (AvgIpc) is 2.54. The Hall–Kier alpha value is -1.87. The highest BCUT2D eigenvalue weighted by molar-refractivity contribution is 5.95. The molecule has 0 bridgehead atoms. The molecule has 0 aliphatic carbocycles. The van der Waals surface area contributed by atoms with Crippen LogP contribution in [-0.4, -0.2) is 19.0 Å². The fourth-order valence-electron chi connectivity index (χ4n) is 2.53. The fraction of sp³-hybridized carbons (Fsp3) is 0.421. The predicted octanol–water partition coefficient (Wildman–Crippen LogP) is 4.34. The number of carbonyl (C=O) groups is 1. The van der Waals surface area contributed by atoms with Crippen LogP contribution in [0.25, 0.3) is 10.8 Å². The lowest BCUT2D eigenvalue weighted by Crippen LogP contribution is -2.28. The Balaban J connectivity index is 1.69. The van der Waals surface area contributed by atoms with Gasteiger partial charge in [-0.15, -0.1) is 0 Å². The van der Waals surface area contributed by atoms with Crippen LogP contribution in [0.2, 0.25) is 0 Å². The molecule has 0 saturated carbocycles. The molecular weight excluding hydrogens is 272 g/mol. The van der Waals surface area contributed by atoms with E-state index in [1.807, 2.05) is 30.3 Å². The van der Waals surface area contributed by atoms with Crippen LogP contribution in [0, 0.1) is 0 Å². The van der Waals surface area contributed by atoms with E-state index in [0.29, 0.717) is 6.54 Å². The molecule has 0 heterocycles. The van der Waals surface area contributed by atoms with Crippen LogP contribution in [0.5, 0.6) is 0 Å². The van der Waals surface area contributed by atoms with E-state index >= 15 is 0 Å². The molecule has 0 aliphatic heterocycles. The zero-order valence-corrected chi connectivity index (χ0v) is 13.4. The summed E-state index contributed by atoms with van der Waals surface area (Å²) in [6, 6.07) is 14.1. The maximum Gasteiger partial charge on any atom is 0.238 e. The summed E-state index contributed by atoms with van der Waals surface area (Å²) in [5, 5.41) is 8.48. The lowest BCUT2D eigenvalue weighted by Gasteiger charge is -2.08. The van der Waals surface area contributed by atoms with Gasteiger partial charge < -0.3 is 10.6 Å². The molecule has 118 valence electrons. The van der Waals surface area contributed by atoms with Crippen molar-refractivity contribution in [1.29, 1.82) is 0 Å². The normalized spacial score (nSPS) is 10.8. The highest BCUT2D eigenvalue weighted by Gasteiger charge is 2.02. The van der Waals surface area contributed by atoms with Gasteiger partial charge in [-0.2, -0.15) is 0 Å². The molecule has 22 heavy (non-hydrogen) atoms. The Morgan fingerprint density at radius 3 is 2.55 bits per heavy atom. The van der Waals surface area contributed by atoms with E-state index in [4.69, 9.17) is 0 Å². The highest BCUT2D eigenvalue weighted by atomic mass is 16.1. The summed E-state index contributed by atoms with van der Waals surface area (Å²) in [5.41, 5.74) is 0.855.